The smallest absolute Gasteiger partial charge is 0.414 e. The number of halogens is 2. The van der Waals surface area contributed by atoms with Crippen LogP contribution in [0.15, 0.2) is 24.3 Å². The number of sulfone groups is 1. The Labute approximate surface area is 155 Å². The van der Waals surface area contributed by atoms with Crippen LogP contribution in [0.3, 0.4) is 0 Å². The van der Waals surface area contributed by atoms with Crippen molar-refractivity contribution in [2.45, 2.75) is 43.5 Å². The molecule has 0 saturated carbocycles. The first-order chi connectivity index (χ1) is 12.4. The Morgan fingerprint density at radius 1 is 1.37 bits per heavy atom. The highest BCUT2D eigenvalue weighted by Crippen LogP contribution is 2.30. The number of benzene rings is 1. The number of aliphatic carboxylic acids is 1. The molecular formula is C17H21F2NO6S. The number of cyclic esters (lactones) is 1. The third kappa shape index (κ3) is 4.74. The molecule has 1 heterocycles. The molecule has 7 nitrogen and oxygen atoms in total. The largest absolute Gasteiger partial charge is 0.480 e. The van der Waals surface area contributed by atoms with Crippen molar-refractivity contribution < 1.29 is 36.6 Å². The topological polar surface area (TPSA) is 101 Å². The molecule has 2 unspecified atom stereocenters. The molecule has 0 radical (unpaired) electrons. The summed E-state index contributed by atoms with van der Waals surface area (Å²) in [6.07, 6.45) is -3.63. The van der Waals surface area contributed by atoms with E-state index < -0.39 is 39.2 Å². The standard InChI is InChI=1S/C17H21F2NO6S/c1-17(15(21)22,27(2,24)25)9-13-10-20(16(23)26-13)12-6-3-11(4-7-12)5-8-14(18)19/h3-4,6-7,13-14H,5,8-10H2,1-2H3,(H,21,22). The van der Waals surface area contributed by atoms with Gasteiger partial charge in [0, 0.05) is 24.8 Å². The van der Waals surface area contributed by atoms with Crippen molar-refractivity contribution >= 4 is 27.6 Å². The lowest BCUT2D eigenvalue weighted by atomic mass is 10.0. The summed E-state index contributed by atoms with van der Waals surface area (Å²) in [7, 11) is -3.94. The molecule has 1 aromatic rings. The number of carbonyl (C=O) groups excluding carboxylic acids is 1. The van der Waals surface area contributed by atoms with E-state index in [0.29, 0.717) is 11.3 Å². The number of carboxylic acid groups (broad SMARTS) is 1. The molecule has 10 heteroatoms. The van der Waals surface area contributed by atoms with Crippen molar-refractivity contribution in [3.63, 3.8) is 0 Å². The van der Waals surface area contributed by atoms with E-state index in [0.717, 1.165) is 13.2 Å². The number of alkyl halides is 2. The van der Waals surface area contributed by atoms with Crippen LogP contribution in [0.1, 0.15) is 25.3 Å². The highest BCUT2D eigenvalue weighted by Gasteiger charge is 2.48. The van der Waals surface area contributed by atoms with E-state index in [2.05, 4.69) is 0 Å². The molecule has 0 aliphatic carbocycles. The minimum atomic E-state index is -3.94. The van der Waals surface area contributed by atoms with Crippen molar-refractivity contribution in [3.8, 4) is 0 Å². The summed E-state index contributed by atoms with van der Waals surface area (Å²) in [5, 5.41) is 9.31. The molecule has 0 bridgehead atoms. The first-order valence-electron chi connectivity index (χ1n) is 8.22. The number of anilines is 1. The second kappa shape index (κ2) is 7.79. The molecule has 1 fully saturated rings. The lowest BCUT2D eigenvalue weighted by molar-refractivity contribution is -0.140. The summed E-state index contributed by atoms with van der Waals surface area (Å²) in [6, 6.07) is 6.40. The van der Waals surface area contributed by atoms with Crippen molar-refractivity contribution in [2.24, 2.45) is 0 Å². The van der Waals surface area contributed by atoms with Gasteiger partial charge in [-0.1, -0.05) is 12.1 Å². The van der Waals surface area contributed by atoms with E-state index in [4.69, 9.17) is 4.74 Å². The van der Waals surface area contributed by atoms with Gasteiger partial charge >= 0.3 is 12.1 Å². The Morgan fingerprint density at radius 2 is 1.96 bits per heavy atom. The Morgan fingerprint density at radius 3 is 2.44 bits per heavy atom. The number of carbonyl (C=O) groups is 2. The van der Waals surface area contributed by atoms with Gasteiger partial charge in [0.1, 0.15) is 6.10 Å². The van der Waals surface area contributed by atoms with Crippen LogP contribution in [0, 0.1) is 0 Å². The lowest BCUT2D eigenvalue weighted by Gasteiger charge is -2.24. The number of ether oxygens (including phenoxy) is 1. The molecule has 1 amide bonds. The molecule has 1 saturated heterocycles. The van der Waals surface area contributed by atoms with E-state index >= 15 is 0 Å². The van der Waals surface area contributed by atoms with Crippen LogP contribution in [0.25, 0.3) is 0 Å². The molecule has 27 heavy (non-hydrogen) atoms. The zero-order chi connectivity index (χ0) is 20.4. The number of rotatable bonds is 8. The Bertz CT molecular complexity index is 811. The summed E-state index contributed by atoms with van der Waals surface area (Å²) >= 11 is 0. The van der Waals surface area contributed by atoms with E-state index in [1.54, 1.807) is 24.3 Å². The number of aryl methyl sites for hydroxylation is 1. The molecular weight excluding hydrogens is 384 g/mol. The predicted molar refractivity (Wildman–Crippen MR) is 93.9 cm³/mol. The summed E-state index contributed by atoms with van der Waals surface area (Å²) in [6.45, 7) is 1.08. The minimum absolute atomic E-state index is 0.00635. The van der Waals surface area contributed by atoms with Crippen LogP contribution in [0.4, 0.5) is 19.3 Å². The van der Waals surface area contributed by atoms with Gasteiger partial charge in [-0.2, -0.15) is 0 Å². The van der Waals surface area contributed by atoms with Gasteiger partial charge in [0.05, 0.1) is 6.54 Å². The Kier molecular flexibility index (Phi) is 6.08. The minimum Gasteiger partial charge on any atom is -0.480 e. The monoisotopic (exact) mass is 405 g/mol. The maximum atomic E-state index is 12.3. The molecule has 150 valence electrons. The van der Waals surface area contributed by atoms with E-state index in [1.165, 1.54) is 4.90 Å². The molecule has 1 aliphatic rings. The average Bonchev–Trinajstić information content (AvgIpc) is 2.92. The highest BCUT2D eigenvalue weighted by molar-refractivity contribution is 7.92. The van der Waals surface area contributed by atoms with Gasteiger partial charge in [0.2, 0.25) is 6.43 Å². The maximum absolute atomic E-state index is 12.3. The lowest BCUT2D eigenvalue weighted by Crippen LogP contribution is -2.46. The van der Waals surface area contributed by atoms with Crippen LogP contribution in [0.2, 0.25) is 0 Å². The van der Waals surface area contributed by atoms with Crippen molar-refractivity contribution in [1.82, 2.24) is 0 Å². The first kappa shape index (κ1) is 21.1. The number of carboxylic acids is 1. The zero-order valence-electron chi connectivity index (χ0n) is 14.9. The molecule has 2 atom stereocenters. The molecule has 1 aliphatic heterocycles. The maximum Gasteiger partial charge on any atom is 0.414 e. The second-order valence-corrected chi connectivity index (χ2v) is 9.17. The van der Waals surface area contributed by atoms with Crippen LogP contribution in [-0.2, 0) is 25.8 Å². The SMILES string of the molecule is CC(CC1CN(c2ccc(CCC(F)F)cc2)C(=O)O1)(C(=O)O)S(C)(=O)=O. The Hall–Kier alpha value is -2.23. The van der Waals surface area contributed by atoms with Gasteiger partial charge in [-0.3, -0.25) is 9.69 Å². The normalized spacial score (nSPS) is 19.8. The third-order valence-corrected chi connectivity index (χ3v) is 6.64. The van der Waals surface area contributed by atoms with Gasteiger partial charge in [0.25, 0.3) is 0 Å². The van der Waals surface area contributed by atoms with Crippen LogP contribution < -0.4 is 4.90 Å². The van der Waals surface area contributed by atoms with Gasteiger partial charge in [-0.25, -0.2) is 22.0 Å². The summed E-state index contributed by atoms with van der Waals surface area (Å²) in [5.74, 6) is -1.51. The molecule has 1 N–H and O–H groups in total. The second-order valence-electron chi connectivity index (χ2n) is 6.72. The van der Waals surface area contributed by atoms with Crippen LogP contribution in [-0.4, -0.2) is 55.7 Å². The zero-order valence-corrected chi connectivity index (χ0v) is 15.7. The summed E-state index contributed by atoms with van der Waals surface area (Å²) in [5.41, 5.74) is 1.15. The van der Waals surface area contributed by atoms with Gasteiger partial charge < -0.3 is 9.84 Å². The fourth-order valence-corrected chi connectivity index (χ4v) is 3.59. The van der Waals surface area contributed by atoms with Crippen LogP contribution >= 0.6 is 0 Å². The summed E-state index contributed by atoms with van der Waals surface area (Å²) < 4.78 is 51.3. The summed E-state index contributed by atoms with van der Waals surface area (Å²) in [4.78, 5) is 24.8. The van der Waals surface area contributed by atoms with Gasteiger partial charge in [-0.15, -0.1) is 0 Å². The fourth-order valence-electron chi connectivity index (χ4n) is 2.79. The predicted octanol–water partition coefficient (Wildman–Crippen LogP) is 2.49. The quantitative estimate of drug-likeness (QED) is 0.713. The van der Waals surface area contributed by atoms with Crippen LogP contribution in [0.5, 0.6) is 0 Å². The number of amides is 1. The van der Waals surface area contributed by atoms with E-state index in [9.17, 15) is 31.9 Å². The van der Waals surface area contributed by atoms with Crippen molar-refractivity contribution in [1.29, 1.82) is 0 Å². The molecule has 0 spiro atoms. The van der Waals surface area contributed by atoms with Gasteiger partial charge in [-0.05, 0) is 31.0 Å². The third-order valence-electron chi connectivity index (χ3n) is 4.66. The molecule has 0 aromatic heterocycles. The average molecular weight is 405 g/mol. The first-order valence-corrected chi connectivity index (χ1v) is 10.1. The van der Waals surface area contributed by atoms with Crippen molar-refractivity contribution in [2.75, 3.05) is 17.7 Å². The van der Waals surface area contributed by atoms with Gasteiger partial charge in [0.15, 0.2) is 14.6 Å². The molecule has 2 rings (SSSR count). The number of hydrogen-bond donors (Lipinski definition) is 1. The fraction of sp³-hybridized carbons (Fsp3) is 0.529. The Balaban J connectivity index is 2.10. The number of nitrogens with zero attached hydrogens (tertiary/aromatic N) is 1. The number of hydrogen-bond acceptors (Lipinski definition) is 5. The van der Waals surface area contributed by atoms with Crippen molar-refractivity contribution in [3.05, 3.63) is 29.8 Å². The van der Waals surface area contributed by atoms with E-state index in [-0.39, 0.29) is 25.8 Å². The highest BCUT2D eigenvalue weighted by atomic mass is 32.2. The molecule has 1 aromatic carbocycles. The van der Waals surface area contributed by atoms with E-state index in [1.807, 2.05) is 0 Å².